The summed E-state index contributed by atoms with van der Waals surface area (Å²) in [6.45, 7) is 6.23. The first kappa shape index (κ1) is 13.5. The van der Waals surface area contributed by atoms with Gasteiger partial charge in [0.05, 0.1) is 6.04 Å². The van der Waals surface area contributed by atoms with Crippen LogP contribution in [0.5, 0.6) is 0 Å². The van der Waals surface area contributed by atoms with E-state index in [0.717, 1.165) is 12.8 Å². The zero-order valence-corrected chi connectivity index (χ0v) is 10.5. The van der Waals surface area contributed by atoms with Crippen LogP contribution in [-0.2, 0) is 4.79 Å². The summed E-state index contributed by atoms with van der Waals surface area (Å²) in [5.74, 6) is 0.495. The smallest absolute Gasteiger partial charge is 0.237 e. The van der Waals surface area contributed by atoms with Crippen molar-refractivity contribution in [2.75, 3.05) is 6.61 Å². The Kier molecular flexibility index (Phi) is 5.22. The van der Waals surface area contributed by atoms with E-state index in [1.165, 1.54) is 0 Å². The normalized spacial score (nSPS) is 19.6. The van der Waals surface area contributed by atoms with Crippen molar-refractivity contribution < 1.29 is 9.90 Å². The molecule has 4 nitrogen and oxygen atoms in total. The van der Waals surface area contributed by atoms with Gasteiger partial charge in [-0.2, -0.15) is 0 Å². The van der Waals surface area contributed by atoms with Crippen LogP contribution in [0.4, 0.5) is 0 Å². The molecule has 0 aromatic rings. The Morgan fingerprint density at radius 2 is 2.00 bits per heavy atom. The fourth-order valence-corrected chi connectivity index (χ4v) is 1.70. The molecular weight excluding hydrogens is 204 g/mol. The minimum Gasteiger partial charge on any atom is -0.396 e. The third-order valence-corrected chi connectivity index (χ3v) is 3.03. The Morgan fingerprint density at radius 1 is 1.38 bits per heavy atom. The summed E-state index contributed by atoms with van der Waals surface area (Å²) in [6, 6.07) is 0.427. The van der Waals surface area contributed by atoms with Crippen molar-refractivity contribution in [1.29, 1.82) is 0 Å². The average molecular weight is 228 g/mol. The Hall–Kier alpha value is -0.610. The minimum absolute atomic E-state index is 0.0751. The van der Waals surface area contributed by atoms with Gasteiger partial charge in [0.2, 0.25) is 5.91 Å². The number of carbonyl (C=O) groups excluding carboxylic acids is 1. The summed E-state index contributed by atoms with van der Waals surface area (Å²) >= 11 is 0. The van der Waals surface area contributed by atoms with Crippen LogP contribution in [0.25, 0.3) is 0 Å². The van der Waals surface area contributed by atoms with Crippen LogP contribution in [-0.4, -0.2) is 35.7 Å². The number of hydrogen-bond acceptors (Lipinski definition) is 3. The van der Waals surface area contributed by atoms with Crippen LogP contribution in [0.2, 0.25) is 0 Å². The first-order valence-corrected chi connectivity index (χ1v) is 6.22. The Balaban J connectivity index is 2.33. The maximum Gasteiger partial charge on any atom is 0.237 e. The number of aliphatic hydroxyl groups is 1. The summed E-state index contributed by atoms with van der Waals surface area (Å²) in [5.41, 5.74) is 0. The molecule has 3 N–H and O–H groups in total. The highest BCUT2D eigenvalue weighted by atomic mass is 16.3. The van der Waals surface area contributed by atoms with Gasteiger partial charge in [0.1, 0.15) is 0 Å². The number of rotatable bonds is 7. The van der Waals surface area contributed by atoms with Crippen molar-refractivity contribution in [3.05, 3.63) is 0 Å². The summed E-state index contributed by atoms with van der Waals surface area (Å²) in [4.78, 5) is 11.7. The van der Waals surface area contributed by atoms with E-state index in [0.29, 0.717) is 18.4 Å². The van der Waals surface area contributed by atoms with E-state index in [2.05, 4.69) is 24.5 Å². The van der Waals surface area contributed by atoms with Crippen molar-refractivity contribution in [3.63, 3.8) is 0 Å². The molecule has 0 aromatic heterocycles. The molecule has 0 bridgehead atoms. The molecule has 94 valence electrons. The lowest BCUT2D eigenvalue weighted by Crippen LogP contribution is -2.49. The van der Waals surface area contributed by atoms with E-state index in [4.69, 9.17) is 5.11 Å². The average Bonchev–Trinajstić information content (AvgIpc) is 3.00. The Bertz CT molecular complexity index is 227. The summed E-state index contributed by atoms with van der Waals surface area (Å²) in [7, 11) is 0. The van der Waals surface area contributed by atoms with Gasteiger partial charge in [-0.1, -0.05) is 13.8 Å². The monoisotopic (exact) mass is 228 g/mol. The summed E-state index contributed by atoms with van der Waals surface area (Å²) in [6.07, 6.45) is 2.92. The summed E-state index contributed by atoms with van der Waals surface area (Å²) < 4.78 is 0. The molecule has 0 aromatic carbocycles. The van der Waals surface area contributed by atoms with Crippen LogP contribution in [0.15, 0.2) is 0 Å². The van der Waals surface area contributed by atoms with Crippen LogP contribution >= 0.6 is 0 Å². The van der Waals surface area contributed by atoms with Crippen LogP contribution in [0.1, 0.15) is 40.0 Å². The van der Waals surface area contributed by atoms with Crippen LogP contribution in [0.3, 0.4) is 0 Å². The van der Waals surface area contributed by atoms with Gasteiger partial charge in [0, 0.05) is 18.7 Å². The first-order chi connectivity index (χ1) is 7.54. The van der Waals surface area contributed by atoms with Crippen molar-refractivity contribution in [2.45, 2.75) is 58.2 Å². The van der Waals surface area contributed by atoms with Crippen LogP contribution < -0.4 is 10.6 Å². The Labute approximate surface area is 97.8 Å². The number of aliphatic hydroxyl groups excluding tert-OH is 1. The highest BCUT2D eigenvalue weighted by molar-refractivity contribution is 5.81. The maximum atomic E-state index is 11.7. The highest BCUT2D eigenvalue weighted by Crippen LogP contribution is 2.18. The molecule has 1 saturated carbocycles. The lowest BCUT2D eigenvalue weighted by Gasteiger charge is -2.25. The molecule has 4 heteroatoms. The predicted molar refractivity (Wildman–Crippen MR) is 64.1 cm³/mol. The lowest BCUT2D eigenvalue weighted by atomic mass is 10.0. The molecule has 1 rings (SSSR count). The van der Waals surface area contributed by atoms with E-state index in [9.17, 15) is 4.79 Å². The van der Waals surface area contributed by atoms with Crippen molar-refractivity contribution in [2.24, 2.45) is 5.92 Å². The summed E-state index contributed by atoms with van der Waals surface area (Å²) in [5, 5.41) is 15.2. The second kappa shape index (κ2) is 6.21. The fourth-order valence-electron chi connectivity index (χ4n) is 1.70. The molecule has 0 aliphatic heterocycles. The number of amides is 1. The Morgan fingerprint density at radius 3 is 2.44 bits per heavy atom. The van der Waals surface area contributed by atoms with E-state index < -0.39 is 0 Å². The number of carbonyl (C=O) groups is 1. The third kappa shape index (κ3) is 4.49. The zero-order valence-electron chi connectivity index (χ0n) is 10.5. The topological polar surface area (TPSA) is 61.4 Å². The molecule has 0 saturated heterocycles. The highest BCUT2D eigenvalue weighted by Gasteiger charge is 2.26. The first-order valence-electron chi connectivity index (χ1n) is 6.22. The standard InChI is InChI=1S/C12H24N2O2/c1-8(2)11(6-7-15)13-9(3)12(16)14-10-4-5-10/h8-11,13,15H,4-7H2,1-3H3,(H,14,16). The van der Waals surface area contributed by atoms with E-state index in [1.54, 1.807) is 0 Å². The van der Waals surface area contributed by atoms with Gasteiger partial charge in [-0.05, 0) is 32.1 Å². The maximum absolute atomic E-state index is 11.7. The predicted octanol–water partition coefficient (Wildman–Crippen LogP) is 0.650. The fraction of sp³-hybridized carbons (Fsp3) is 0.917. The van der Waals surface area contributed by atoms with Gasteiger partial charge >= 0.3 is 0 Å². The SMILES string of the molecule is CC(NC(CCO)C(C)C)C(=O)NC1CC1. The van der Waals surface area contributed by atoms with Crippen LogP contribution in [0, 0.1) is 5.92 Å². The van der Waals surface area contributed by atoms with E-state index in [1.807, 2.05) is 6.92 Å². The zero-order chi connectivity index (χ0) is 12.1. The van der Waals surface area contributed by atoms with Crippen molar-refractivity contribution in [3.8, 4) is 0 Å². The van der Waals surface area contributed by atoms with E-state index in [-0.39, 0.29) is 24.6 Å². The molecule has 0 radical (unpaired) electrons. The molecule has 2 atom stereocenters. The molecular formula is C12H24N2O2. The minimum atomic E-state index is -0.181. The van der Waals surface area contributed by atoms with Gasteiger partial charge in [0.15, 0.2) is 0 Å². The molecule has 0 heterocycles. The van der Waals surface area contributed by atoms with Gasteiger partial charge in [-0.25, -0.2) is 0 Å². The van der Waals surface area contributed by atoms with Gasteiger partial charge in [-0.3, -0.25) is 4.79 Å². The number of nitrogens with one attached hydrogen (secondary N) is 2. The third-order valence-electron chi connectivity index (χ3n) is 3.03. The van der Waals surface area contributed by atoms with Gasteiger partial charge < -0.3 is 15.7 Å². The van der Waals surface area contributed by atoms with Crippen molar-refractivity contribution >= 4 is 5.91 Å². The lowest BCUT2D eigenvalue weighted by molar-refractivity contribution is -0.123. The second-order valence-electron chi connectivity index (χ2n) is 5.03. The quantitative estimate of drug-likeness (QED) is 0.599. The molecule has 1 aliphatic rings. The van der Waals surface area contributed by atoms with E-state index >= 15 is 0 Å². The molecule has 1 fully saturated rings. The van der Waals surface area contributed by atoms with Gasteiger partial charge in [-0.15, -0.1) is 0 Å². The van der Waals surface area contributed by atoms with Gasteiger partial charge in [0.25, 0.3) is 0 Å². The second-order valence-corrected chi connectivity index (χ2v) is 5.03. The largest absolute Gasteiger partial charge is 0.396 e. The molecule has 16 heavy (non-hydrogen) atoms. The molecule has 1 amide bonds. The molecule has 2 unspecified atom stereocenters. The molecule has 0 spiro atoms. The van der Waals surface area contributed by atoms with Crippen molar-refractivity contribution in [1.82, 2.24) is 10.6 Å². The molecule has 1 aliphatic carbocycles. The number of hydrogen-bond donors (Lipinski definition) is 3.